The monoisotopic (exact) mass is 251 g/mol. The fraction of sp³-hybridized carbons (Fsp3) is 0.600. The summed E-state index contributed by atoms with van der Waals surface area (Å²) in [6, 6.07) is -0.565. The molecular formula is C10H17N7O. The van der Waals surface area contributed by atoms with E-state index in [9.17, 15) is 4.79 Å². The first-order chi connectivity index (χ1) is 8.56. The van der Waals surface area contributed by atoms with E-state index in [4.69, 9.17) is 11.3 Å². The average Bonchev–Trinajstić information content (AvgIpc) is 2.62. The van der Waals surface area contributed by atoms with Crippen molar-refractivity contribution >= 4 is 5.91 Å². The third kappa shape index (κ3) is 3.76. The van der Waals surface area contributed by atoms with Gasteiger partial charge in [-0.25, -0.2) is 0 Å². The second kappa shape index (κ2) is 6.63. The van der Waals surface area contributed by atoms with Crippen molar-refractivity contribution in [1.82, 2.24) is 15.1 Å². The number of primary amides is 1. The van der Waals surface area contributed by atoms with E-state index < -0.39 is 11.9 Å². The van der Waals surface area contributed by atoms with Crippen molar-refractivity contribution in [1.29, 1.82) is 0 Å². The molecule has 1 unspecified atom stereocenters. The van der Waals surface area contributed by atoms with Crippen LogP contribution in [0.1, 0.15) is 23.7 Å². The fourth-order valence-corrected chi connectivity index (χ4v) is 1.71. The van der Waals surface area contributed by atoms with E-state index in [0.29, 0.717) is 19.5 Å². The standard InChI is InChI=1S/C10H17N7O/c1-7-8(6-17(2)15-7)9(10(11)18)13-4-3-5-14-16-12/h6,9,13H,3-5H2,1-2H3,(H2,11,18). The minimum atomic E-state index is -0.565. The predicted molar refractivity (Wildman–Crippen MR) is 66.5 cm³/mol. The van der Waals surface area contributed by atoms with E-state index in [1.807, 2.05) is 6.92 Å². The van der Waals surface area contributed by atoms with Crippen LogP contribution >= 0.6 is 0 Å². The molecule has 1 aromatic rings. The lowest BCUT2D eigenvalue weighted by Gasteiger charge is -2.14. The molecule has 1 atom stereocenters. The van der Waals surface area contributed by atoms with Crippen molar-refractivity contribution in [3.8, 4) is 0 Å². The number of hydrogen-bond donors (Lipinski definition) is 2. The number of nitrogens with one attached hydrogen (secondary N) is 1. The van der Waals surface area contributed by atoms with Gasteiger partial charge in [-0.05, 0) is 25.4 Å². The highest BCUT2D eigenvalue weighted by Gasteiger charge is 2.20. The molecular weight excluding hydrogens is 234 g/mol. The second-order valence-corrected chi connectivity index (χ2v) is 3.94. The molecule has 8 nitrogen and oxygen atoms in total. The Morgan fingerprint density at radius 3 is 3.00 bits per heavy atom. The molecule has 0 aliphatic heterocycles. The van der Waals surface area contributed by atoms with Crippen molar-refractivity contribution in [3.63, 3.8) is 0 Å². The zero-order valence-electron chi connectivity index (χ0n) is 10.5. The Labute approximate surface area is 105 Å². The van der Waals surface area contributed by atoms with Crippen LogP contribution in [0.4, 0.5) is 0 Å². The van der Waals surface area contributed by atoms with Crippen molar-refractivity contribution in [3.05, 3.63) is 27.9 Å². The van der Waals surface area contributed by atoms with Gasteiger partial charge in [-0.1, -0.05) is 5.11 Å². The van der Waals surface area contributed by atoms with Gasteiger partial charge in [-0.3, -0.25) is 9.48 Å². The summed E-state index contributed by atoms with van der Waals surface area (Å²) < 4.78 is 1.64. The molecule has 18 heavy (non-hydrogen) atoms. The minimum Gasteiger partial charge on any atom is -0.368 e. The molecule has 0 aliphatic rings. The summed E-state index contributed by atoms with van der Waals surface area (Å²) in [6.45, 7) is 2.76. The zero-order chi connectivity index (χ0) is 13.5. The summed E-state index contributed by atoms with van der Waals surface area (Å²) in [5.74, 6) is -0.449. The molecule has 0 saturated carbocycles. The van der Waals surface area contributed by atoms with Gasteiger partial charge in [-0.2, -0.15) is 5.10 Å². The largest absolute Gasteiger partial charge is 0.368 e. The van der Waals surface area contributed by atoms with Crippen LogP contribution in [0, 0.1) is 6.92 Å². The molecule has 3 N–H and O–H groups in total. The molecule has 0 radical (unpaired) electrons. The van der Waals surface area contributed by atoms with Crippen molar-refractivity contribution in [2.75, 3.05) is 13.1 Å². The van der Waals surface area contributed by atoms with Crippen LogP contribution < -0.4 is 11.1 Å². The number of carbonyl (C=O) groups excluding carboxylic acids is 1. The summed E-state index contributed by atoms with van der Waals surface area (Å²) in [5, 5.41) is 10.6. The van der Waals surface area contributed by atoms with Crippen molar-refractivity contribution in [2.45, 2.75) is 19.4 Å². The summed E-state index contributed by atoms with van der Waals surface area (Å²) in [5.41, 5.74) is 15.0. The topological polar surface area (TPSA) is 122 Å². The molecule has 1 aromatic heterocycles. The van der Waals surface area contributed by atoms with Crippen LogP contribution in [0.5, 0.6) is 0 Å². The number of nitrogens with two attached hydrogens (primary N) is 1. The predicted octanol–water partition coefficient (Wildman–Crippen LogP) is 0.545. The Hall–Kier alpha value is -2.05. The van der Waals surface area contributed by atoms with Gasteiger partial charge in [-0.15, -0.1) is 0 Å². The maximum absolute atomic E-state index is 11.4. The number of aryl methyl sites for hydroxylation is 2. The molecule has 1 amide bonds. The number of carbonyl (C=O) groups is 1. The molecule has 0 aliphatic carbocycles. The molecule has 0 bridgehead atoms. The first-order valence-corrected chi connectivity index (χ1v) is 5.60. The van der Waals surface area contributed by atoms with Crippen LogP contribution in [0.25, 0.3) is 10.4 Å². The first-order valence-electron chi connectivity index (χ1n) is 5.60. The van der Waals surface area contributed by atoms with E-state index in [0.717, 1.165) is 11.3 Å². The summed E-state index contributed by atoms with van der Waals surface area (Å²) >= 11 is 0. The highest BCUT2D eigenvalue weighted by molar-refractivity contribution is 5.81. The molecule has 8 heteroatoms. The fourth-order valence-electron chi connectivity index (χ4n) is 1.71. The van der Waals surface area contributed by atoms with Crippen LogP contribution in [0.15, 0.2) is 11.3 Å². The number of azide groups is 1. The van der Waals surface area contributed by atoms with E-state index in [1.54, 1.807) is 17.9 Å². The Morgan fingerprint density at radius 2 is 2.50 bits per heavy atom. The third-order valence-corrected chi connectivity index (χ3v) is 2.49. The van der Waals surface area contributed by atoms with E-state index in [-0.39, 0.29) is 0 Å². The Bertz CT molecular complexity index is 461. The lowest BCUT2D eigenvalue weighted by molar-refractivity contribution is -0.120. The lowest BCUT2D eigenvalue weighted by atomic mass is 10.1. The Balaban J connectivity index is 2.63. The Kier molecular flexibility index (Phi) is 5.16. The first kappa shape index (κ1) is 14.0. The van der Waals surface area contributed by atoms with Crippen molar-refractivity contribution in [2.24, 2.45) is 17.9 Å². The number of rotatable bonds is 7. The van der Waals surface area contributed by atoms with Crippen LogP contribution in [-0.2, 0) is 11.8 Å². The van der Waals surface area contributed by atoms with Gasteiger partial charge in [0.2, 0.25) is 5.91 Å². The molecule has 98 valence electrons. The number of hydrogen-bond acceptors (Lipinski definition) is 4. The quantitative estimate of drug-likeness (QED) is 0.318. The molecule has 0 saturated heterocycles. The van der Waals surface area contributed by atoms with E-state index in [1.165, 1.54) is 0 Å². The van der Waals surface area contributed by atoms with E-state index >= 15 is 0 Å². The van der Waals surface area contributed by atoms with Gasteiger partial charge in [0.05, 0.1) is 5.69 Å². The minimum absolute atomic E-state index is 0.390. The van der Waals surface area contributed by atoms with Crippen LogP contribution in [-0.4, -0.2) is 28.8 Å². The highest BCUT2D eigenvalue weighted by Crippen LogP contribution is 2.15. The Morgan fingerprint density at radius 1 is 1.78 bits per heavy atom. The van der Waals surface area contributed by atoms with E-state index in [2.05, 4.69) is 20.4 Å². The van der Waals surface area contributed by atoms with Gasteiger partial charge in [0, 0.05) is 30.3 Å². The van der Waals surface area contributed by atoms with Gasteiger partial charge >= 0.3 is 0 Å². The normalized spacial score (nSPS) is 11.9. The SMILES string of the molecule is Cc1nn(C)cc1C(NCCCN=[N+]=[N-])C(N)=O. The zero-order valence-corrected chi connectivity index (χ0v) is 10.5. The van der Waals surface area contributed by atoms with Gasteiger partial charge in [0.25, 0.3) is 0 Å². The van der Waals surface area contributed by atoms with Gasteiger partial charge < -0.3 is 11.1 Å². The number of nitrogens with zero attached hydrogens (tertiary/aromatic N) is 5. The third-order valence-electron chi connectivity index (χ3n) is 2.49. The number of amides is 1. The van der Waals surface area contributed by atoms with Crippen molar-refractivity contribution < 1.29 is 4.79 Å². The number of aromatic nitrogens is 2. The molecule has 0 aromatic carbocycles. The van der Waals surface area contributed by atoms with Gasteiger partial charge in [0.1, 0.15) is 6.04 Å². The smallest absolute Gasteiger partial charge is 0.239 e. The second-order valence-electron chi connectivity index (χ2n) is 3.94. The molecule has 1 heterocycles. The maximum Gasteiger partial charge on any atom is 0.239 e. The lowest BCUT2D eigenvalue weighted by Crippen LogP contribution is -2.34. The maximum atomic E-state index is 11.4. The molecule has 0 fully saturated rings. The summed E-state index contributed by atoms with van der Waals surface area (Å²) in [7, 11) is 1.79. The molecule has 0 spiro atoms. The van der Waals surface area contributed by atoms with Crippen LogP contribution in [0.3, 0.4) is 0 Å². The van der Waals surface area contributed by atoms with Gasteiger partial charge in [0.15, 0.2) is 0 Å². The summed E-state index contributed by atoms with van der Waals surface area (Å²) in [6.07, 6.45) is 2.42. The molecule has 1 rings (SSSR count). The average molecular weight is 251 g/mol. The highest BCUT2D eigenvalue weighted by atomic mass is 16.1. The van der Waals surface area contributed by atoms with Crippen LogP contribution in [0.2, 0.25) is 0 Å². The summed E-state index contributed by atoms with van der Waals surface area (Å²) in [4.78, 5) is 14.1.